The maximum absolute atomic E-state index is 12.0. The zero-order valence-corrected chi connectivity index (χ0v) is 12.4. The Morgan fingerprint density at radius 1 is 1.19 bits per heavy atom. The Labute approximate surface area is 128 Å². The summed E-state index contributed by atoms with van der Waals surface area (Å²) in [4.78, 5) is 26.2. The van der Waals surface area contributed by atoms with Gasteiger partial charge in [-0.2, -0.15) is 0 Å². The summed E-state index contributed by atoms with van der Waals surface area (Å²) >= 11 is 3.33. The number of halogens is 1. The van der Waals surface area contributed by atoms with Gasteiger partial charge in [-0.1, -0.05) is 28.1 Å². The molecule has 0 aliphatic heterocycles. The number of nitrogens with one attached hydrogen (secondary N) is 2. The third-order valence-corrected chi connectivity index (χ3v) is 3.10. The molecule has 0 fully saturated rings. The van der Waals surface area contributed by atoms with Crippen molar-refractivity contribution in [3.05, 3.63) is 40.8 Å². The molecule has 0 atom stereocenters. The summed E-state index contributed by atoms with van der Waals surface area (Å²) in [5.74, 6) is -0.0555. The van der Waals surface area contributed by atoms with Crippen LogP contribution in [0.25, 0.3) is 11.3 Å². The Kier molecular flexibility index (Phi) is 4.94. The fourth-order valence-corrected chi connectivity index (χ4v) is 1.91. The molecule has 0 bridgehead atoms. The molecule has 2 rings (SSSR count). The van der Waals surface area contributed by atoms with E-state index in [2.05, 4.69) is 31.5 Å². The number of aromatic nitrogens is 1. The minimum atomic E-state index is -1.14. The zero-order valence-electron chi connectivity index (χ0n) is 10.8. The molecule has 0 radical (unpaired) electrons. The number of hydrogen-bond acceptors (Lipinski definition) is 4. The second-order valence-corrected chi connectivity index (χ2v) is 4.94. The highest BCUT2D eigenvalue weighted by atomic mass is 79.9. The first-order valence-corrected chi connectivity index (χ1v) is 6.81. The summed E-state index contributed by atoms with van der Waals surface area (Å²) in [5.41, 5.74) is 0.886. The molecule has 0 spiro atoms. The molecule has 0 saturated heterocycles. The predicted octanol–water partition coefficient (Wildman–Crippen LogP) is 2.10. The van der Waals surface area contributed by atoms with Gasteiger partial charge in [-0.15, -0.1) is 0 Å². The Morgan fingerprint density at radius 2 is 1.86 bits per heavy atom. The third-order valence-electron chi connectivity index (χ3n) is 2.58. The van der Waals surface area contributed by atoms with Crippen LogP contribution >= 0.6 is 15.9 Å². The summed E-state index contributed by atoms with van der Waals surface area (Å²) < 4.78 is 6.17. The molecule has 2 aromatic rings. The Hall–Kier alpha value is -2.35. The fourth-order valence-electron chi connectivity index (χ4n) is 1.64. The van der Waals surface area contributed by atoms with Crippen molar-refractivity contribution in [2.45, 2.75) is 0 Å². The van der Waals surface area contributed by atoms with E-state index in [1.54, 1.807) is 12.1 Å². The molecule has 0 unspecified atom stereocenters. The minimum absolute atomic E-state index is 0.118. The van der Waals surface area contributed by atoms with Gasteiger partial charge >= 0.3 is 6.09 Å². The van der Waals surface area contributed by atoms with E-state index in [0.29, 0.717) is 5.76 Å². The fraction of sp³-hybridized carbons (Fsp3) is 0.154. The summed E-state index contributed by atoms with van der Waals surface area (Å²) in [6, 6.07) is 7.26. The van der Waals surface area contributed by atoms with Gasteiger partial charge in [0.1, 0.15) is 0 Å². The van der Waals surface area contributed by atoms with Gasteiger partial charge in [0.05, 0.1) is 0 Å². The van der Waals surface area contributed by atoms with Crippen molar-refractivity contribution in [2.24, 2.45) is 0 Å². The van der Waals surface area contributed by atoms with E-state index in [4.69, 9.17) is 9.52 Å². The molecule has 21 heavy (non-hydrogen) atoms. The van der Waals surface area contributed by atoms with E-state index >= 15 is 0 Å². The number of amides is 2. The van der Waals surface area contributed by atoms with Crippen molar-refractivity contribution in [2.75, 3.05) is 13.1 Å². The van der Waals surface area contributed by atoms with E-state index in [1.165, 1.54) is 6.39 Å². The second kappa shape index (κ2) is 6.89. The highest BCUT2D eigenvalue weighted by Gasteiger charge is 2.17. The van der Waals surface area contributed by atoms with Crippen LogP contribution in [0, 0.1) is 0 Å². The number of oxazole rings is 1. The van der Waals surface area contributed by atoms with Crippen LogP contribution in [0.1, 0.15) is 10.5 Å². The molecule has 8 heteroatoms. The van der Waals surface area contributed by atoms with Crippen molar-refractivity contribution in [3.8, 4) is 11.3 Å². The normalized spacial score (nSPS) is 10.1. The molecule has 2 amide bonds. The molecule has 0 aliphatic rings. The minimum Gasteiger partial charge on any atom is -0.465 e. The first-order valence-electron chi connectivity index (χ1n) is 6.02. The molecule has 7 nitrogen and oxygen atoms in total. The largest absolute Gasteiger partial charge is 0.465 e. The summed E-state index contributed by atoms with van der Waals surface area (Å²) in [6.07, 6.45) is 0.0585. The number of rotatable bonds is 5. The summed E-state index contributed by atoms with van der Waals surface area (Å²) in [7, 11) is 0. The quantitative estimate of drug-likeness (QED) is 0.714. The number of carbonyl (C=O) groups is 2. The molecule has 0 saturated carbocycles. The SMILES string of the molecule is O=C(O)NCCNC(=O)c1ncoc1-c1ccc(Br)cc1. The van der Waals surface area contributed by atoms with Crippen LogP contribution in [0.4, 0.5) is 4.79 Å². The van der Waals surface area contributed by atoms with Crippen LogP contribution < -0.4 is 10.6 Å². The number of nitrogens with zero attached hydrogens (tertiary/aromatic N) is 1. The van der Waals surface area contributed by atoms with Crippen LogP contribution in [0.3, 0.4) is 0 Å². The second-order valence-electron chi connectivity index (χ2n) is 4.02. The summed E-state index contributed by atoms with van der Waals surface area (Å²) in [6.45, 7) is 0.282. The number of carbonyl (C=O) groups excluding carboxylic acids is 1. The smallest absolute Gasteiger partial charge is 0.404 e. The lowest BCUT2D eigenvalue weighted by Gasteiger charge is -2.04. The van der Waals surface area contributed by atoms with E-state index in [1.807, 2.05) is 12.1 Å². The van der Waals surface area contributed by atoms with Crippen molar-refractivity contribution in [3.63, 3.8) is 0 Å². The van der Waals surface area contributed by atoms with E-state index in [-0.39, 0.29) is 18.8 Å². The van der Waals surface area contributed by atoms with E-state index in [0.717, 1.165) is 10.0 Å². The highest BCUT2D eigenvalue weighted by molar-refractivity contribution is 9.10. The number of benzene rings is 1. The summed E-state index contributed by atoms with van der Waals surface area (Å²) in [5, 5.41) is 13.1. The standard InChI is InChI=1S/C13H12BrN3O4/c14-9-3-1-8(2-4-9)11-10(17-7-21-11)12(18)15-5-6-16-13(19)20/h1-4,7,16H,5-6H2,(H,15,18)(H,19,20). The average molecular weight is 354 g/mol. The molecular weight excluding hydrogens is 342 g/mol. The van der Waals surface area contributed by atoms with Crippen molar-refractivity contribution in [1.29, 1.82) is 0 Å². The Morgan fingerprint density at radius 3 is 2.52 bits per heavy atom. The van der Waals surface area contributed by atoms with E-state index < -0.39 is 12.0 Å². The molecule has 1 aromatic heterocycles. The topological polar surface area (TPSA) is 104 Å². The molecule has 1 heterocycles. The first-order chi connectivity index (χ1) is 10.1. The lowest BCUT2D eigenvalue weighted by Crippen LogP contribution is -2.34. The predicted molar refractivity (Wildman–Crippen MR) is 78.0 cm³/mol. The van der Waals surface area contributed by atoms with Crippen LogP contribution in [-0.2, 0) is 0 Å². The maximum Gasteiger partial charge on any atom is 0.404 e. The van der Waals surface area contributed by atoms with Crippen LogP contribution in [-0.4, -0.2) is 35.2 Å². The molecule has 110 valence electrons. The monoisotopic (exact) mass is 353 g/mol. The van der Waals surface area contributed by atoms with Crippen LogP contribution in [0.2, 0.25) is 0 Å². The van der Waals surface area contributed by atoms with Gasteiger partial charge in [-0.3, -0.25) is 4.79 Å². The van der Waals surface area contributed by atoms with Gasteiger partial charge in [0.15, 0.2) is 17.8 Å². The van der Waals surface area contributed by atoms with Gasteiger partial charge in [-0.05, 0) is 12.1 Å². The van der Waals surface area contributed by atoms with Gasteiger partial charge in [0.25, 0.3) is 5.91 Å². The van der Waals surface area contributed by atoms with Crippen molar-refractivity contribution < 1.29 is 19.1 Å². The number of hydrogen-bond donors (Lipinski definition) is 3. The lowest BCUT2D eigenvalue weighted by atomic mass is 10.1. The van der Waals surface area contributed by atoms with Gasteiger partial charge in [0, 0.05) is 23.1 Å². The van der Waals surface area contributed by atoms with Gasteiger partial charge in [0.2, 0.25) is 0 Å². The third kappa shape index (κ3) is 4.06. The molecule has 3 N–H and O–H groups in total. The van der Waals surface area contributed by atoms with Gasteiger partial charge in [-0.25, -0.2) is 9.78 Å². The Balaban J connectivity index is 2.04. The van der Waals surface area contributed by atoms with Gasteiger partial charge < -0.3 is 20.2 Å². The zero-order chi connectivity index (χ0) is 15.2. The first kappa shape index (κ1) is 15.0. The Bertz CT molecular complexity index is 639. The maximum atomic E-state index is 12.0. The number of carboxylic acid groups (broad SMARTS) is 1. The van der Waals surface area contributed by atoms with E-state index in [9.17, 15) is 9.59 Å². The lowest BCUT2D eigenvalue weighted by molar-refractivity contribution is 0.0949. The van der Waals surface area contributed by atoms with Crippen molar-refractivity contribution in [1.82, 2.24) is 15.6 Å². The average Bonchev–Trinajstić information content (AvgIpc) is 2.93. The van der Waals surface area contributed by atoms with Crippen LogP contribution in [0.5, 0.6) is 0 Å². The molecular formula is C13H12BrN3O4. The van der Waals surface area contributed by atoms with Crippen molar-refractivity contribution >= 4 is 27.9 Å². The molecule has 0 aliphatic carbocycles. The molecule has 1 aromatic carbocycles. The highest BCUT2D eigenvalue weighted by Crippen LogP contribution is 2.24. The van der Waals surface area contributed by atoms with Crippen LogP contribution in [0.15, 0.2) is 39.5 Å².